The van der Waals surface area contributed by atoms with Gasteiger partial charge >= 0.3 is 0 Å². The van der Waals surface area contributed by atoms with Crippen LogP contribution in [0.2, 0.25) is 0 Å². The maximum atomic E-state index is 7.34. The maximum Gasteiger partial charge on any atom is 0.0925 e. The molecule has 1 heterocycles. The largest absolute Gasteiger partial charge is 0.361 e. The van der Waals surface area contributed by atoms with E-state index >= 15 is 0 Å². The van der Waals surface area contributed by atoms with Crippen LogP contribution in [-0.2, 0) is 0 Å². The molecule has 58 valence electrons. The molecule has 1 saturated heterocycles. The van der Waals surface area contributed by atoms with Crippen molar-refractivity contribution < 1.29 is 0 Å². The van der Waals surface area contributed by atoms with Gasteiger partial charge < -0.3 is 10.6 Å². The van der Waals surface area contributed by atoms with Crippen molar-refractivity contribution in [1.29, 1.82) is 5.41 Å². The highest BCUT2D eigenvalue weighted by atomic mass is 15.2. The second-order valence-electron chi connectivity index (χ2n) is 2.91. The summed E-state index contributed by atoms with van der Waals surface area (Å²) in [4.78, 5) is 2.07. The minimum Gasteiger partial charge on any atom is -0.361 e. The molecule has 0 spiro atoms. The molecule has 0 unspecified atom stereocenters. The average molecular weight is 141 g/mol. The van der Waals surface area contributed by atoms with E-state index in [2.05, 4.69) is 4.90 Å². The van der Waals surface area contributed by atoms with Gasteiger partial charge in [0.25, 0.3) is 0 Å². The SMILES string of the molecule is CC(=N)N1CCC(N)CC1. The van der Waals surface area contributed by atoms with Crippen molar-refractivity contribution in [3.8, 4) is 0 Å². The van der Waals surface area contributed by atoms with Crippen LogP contribution >= 0.6 is 0 Å². The number of likely N-dealkylation sites (tertiary alicyclic amines) is 1. The molecule has 3 heteroatoms. The van der Waals surface area contributed by atoms with Crippen molar-refractivity contribution >= 4 is 5.84 Å². The molecule has 1 fully saturated rings. The Morgan fingerprint density at radius 3 is 2.40 bits per heavy atom. The van der Waals surface area contributed by atoms with Crippen LogP contribution in [0.25, 0.3) is 0 Å². The van der Waals surface area contributed by atoms with Crippen LogP contribution < -0.4 is 5.73 Å². The highest BCUT2D eigenvalue weighted by molar-refractivity contribution is 5.76. The Kier molecular flexibility index (Phi) is 2.27. The van der Waals surface area contributed by atoms with Gasteiger partial charge in [-0.3, -0.25) is 5.41 Å². The molecule has 0 bridgehead atoms. The van der Waals surface area contributed by atoms with Gasteiger partial charge in [-0.25, -0.2) is 0 Å². The predicted octanol–water partition coefficient (Wildman–Crippen LogP) is 0.407. The smallest absolute Gasteiger partial charge is 0.0925 e. The van der Waals surface area contributed by atoms with Gasteiger partial charge in [0.05, 0.1) is 5.84 Å². The third-order valence-electron chi connectivity index (χ3n) is 2.01. The first-order valence-corrected chi connectivity index (χ1v) is 3.76. The van der Waals surface area contributed by atoms with Crippen molar-refractivity contribution in [2.45, 2.75) is 25.8 Å². The molecule has 0 amide bonds. The monoisotopic (exact) mass is 141 g/mol. The fourth-order valence-electron chi connectivity index (χ4n) is 1.23. The molecule has 0 saturated carbocycles. The fourth-order valence-corrected chi connectivity index (χ4v) is 1.23. The van der Waals surface area contributed by atoms with E-state index in [0.717, 1.165) is 25.9 Å². The van der Waals surface area contributed by atoms with E-state index in [1.54, 1.807) is 0 Å². The molecule has 3 nitrogen and oxygen atoms in total. The lowest BCUT2D eigenvalue weighted by molar-refractivity contribution is 0.311. The Balaban J connectivity index is 2.33. The number of nitrogens with one attached hydrogen (secondary N) is 1. The van der Waals surface area contributed by atoms with Crippen LogP contribution in [0.3, 0.4) is 0 Å². The van der Waals surface area contributed by atoms with Gasteiger partial charge in [0.2, 0.25) is 0 Å². The number of piperidine rings is 1. The molecular weight excluding hydrogens is 126 g/mol. The van der Waals surface area contributed by atoms with Crippen molar-refractivity contribution in [2.75, 3.05) is 13.1 Å². The van der Waals surface area contributed by atoms with Crippen molar-refractivity contribution in [1.82, 2.24) is 4.90 Å². The second kappa shape index (κ2) is 3.01. The molecule has 0 atom stereocenters. The summed E-state index contributed by atoms with van der Waals surface area (Å²) in [6.45, 7) is 3.77. The Bertz CT molecular complexity index is 125. The molecule has 1 rings (SSSR count). The van der Waals surface area contributed by atoms with Gasteiger partial charge in [-0.2, -0.15) is 0 Å². The van der Waals surface area contributed by atoms with Crippen LogP contribution in [-0.4, -0.2) is 29.9 Å². The molecular formula is C7H15N3. The molecule has 0 aromatic rings. The van der Waals surface area contributed by atoms with Crippen molar-refractivity contribution in [3.63, 3.8) is 0 Å². The number of nitrogens with two attached hydrogens (primary N) is 1. The zero-order valence-electron chi connectivity index (χ0n) is 6.43. The van der Waals surface area contributed by atoms with Gasteiger partial charge in [-0.1, -0.05) is 0 Å². The summed E-state index contributed by atoms with van der Waals surface area (Å²) in [7, 11) is 0. The first-order chi connectivity index (χ1) is 4.70. The summed E-state index contributed by atoms with van der Waals surface area (Å²) in [6, 6.07) is 0.371. The minimum absolute atomic E-state index is 0.371. The topological polar surface area (TPSA) is 53.1 Å². The number of hydrogen-bond acceptors (Lipinski definition) is 2. The first kappa shape index (κ1) is 7.54. The Labute approximate surface area is 61.7 Å². The molecule has 1 aliphatic rings. The van der Waals surface area contributed by atoms with E-state index in [-0.39, 0.29) is 0 Å². The van der Waals surface area contributed by atoms with E-state index < -0.39 is 0 Å². The third-order valence-corrected chi connectivity index (χ3v) is 2.01. The molecule has 0 aromatic carbocycles. The van der Waals surface area contributed by atoms with Crippen molar-refractivity contribution in [2.24, 2.45) is 5.73 Å². The van der Waals surface area contributed by atoms with E-state index in [4.69, 9.17) is 11.1 Å². The molecule has 3 N–H and O–H groups in total. The van der Waals surface area contributed by atoms with Crippen LogP contribution in [0.15, 0.2) is 0 Å². The lowest BCUT2D eigenvalue weighted by Crippen LogP contribution is -2.41. The quantitative estimate of drug-likeness (QED) is 0.379. The van der Waals surface area contributed by atoms with Crippen LogP contribution in [0.5, 0.6) is 0 Å². The van der Waals surface area contributed by atoms with Gasteiger partial charge in [-0.05, 0) is 19.8 Å². The molecule has 10 heavy (non-hydrogen) atoms. The summed E-state index contributed by atoms with van der Waals surface area (Å²) in [5, 5.41) is 7.34. The Morgan fingerprint density at radius 1 is 1.50 bits per heavy atom. The zero-order chi connectivity index (χ0) is 7.56. The van der Waals surface area contributed by atoms with Crippen LogP contribution in [0, 0.1) is 5.41 Å². The van der Waals surface area contributed by atoms with Gasteiger partial charge in [0.15, 0.2) is 0 Å². The molecule has 1 aliphatic heterocycles. The summed E-state index contributed by atoms with van der Waals surface area (Å²) < 4.78 is 0. The summed E-state index contributed by atoms with van der Waals surface area (Å²) in [6.07, 6.45) is 2.08. The normalized spacial score (nSPS) is 21.2. The lowest BCUT2D eigenvalue weighted by Gasteiger charge is -2.30. The Hall–Kier alpha value is -0.570. The number of hydrogen-bond donors (Lipinski definition) is 2. The second-order valence-corrected chi connectivity index (χ2v) is 2.91. The predicted molar refractivity (Wildman–Crippen MR) is 42.2 cm³/mol. The lowest BCUT2D eigenvalue weighted by atomic mass is 10.1. The van der Waals surface area contributed by atoms with Crippen LogP contribution in [0.4, 0.5) is 0 Å². The minimum atomic E-state index is 0.371. The van der Waals surface area contributed by atoms with Gasteiger partial charge in [0, 0.05) is 19.1 Å². The number of nitrogens with zero attached hydrogens (tertiary/aromatic N) is 1. The fraction of sp³-hybridized carbons (Fsp3) is 0.857. The Morgan fingerprint density at radius 2 is 2.00 bits per heavy atom. The molecule has 0 aromatic heterocycles. The van der Waals surface area contributed by atoms with Crippen molar-refractivity contribution in [3.05, 3.63) is 0 Å². The van der Waals surface area contributed by atoms with E-state index in [1.165, 1.54) is 0 Å². The summed E-state index contributed by atoms with van der Waals surface area (Å²) in [5.74, 6) is 0.673. The third kappa shape index (κ3) is 1.70. The van der Waals surface area contributed by atoms with E-state index in [1.807, 2.05) is 6.92 Å². The summed E-state index contributed by atoms with van der Waals surface area (Å²) in [5.41, 5.74) is 5.70. The van der Waals surface area contributed by atoms with E-state index in [0.29, 0.717) is 11.9 Å². The average Bonchev–Trinajstić information content (AvgIpc) is 1.88. The zero-order valence-corrected chi connectivity index (χ0v) is 6.43. The first-order valence-electron chi connectivity index (χ1n) is 3.76. The standard InChI is InChI=1S/C7H15N3/c1-6(8)10-4-2-7(9)3-5-10/h7-8H,2-5,9H2,1H3. The number of rotatable bonds is 0. The van der Waals surface area contributed by atoms with Gasteiger partial charge in [0.1, 0.15) is 0 Å². The highest BCUT2D eigenvalue weighted by Crippen LogP contribution is 2.07. The number of amidine groups is 1. The maximum absolute atomic E-state index is 7.34. The molecule has 0 aliphatic carbocycles. The molecule has 0 radical (unpaired) electrons. The summed E-state index contributed by atoms with van der Waals surface area (Å²) >= 11 is 0. The van der Waals surface area contributed by atoms with Gasteiger partial charge in [-0.15, -0.1) is 0 Å². The highest BCUT2D eigenvalue weighted by Gasteiger charge is 2.15. The van der Waals surface area contributed by atoms with E-state index in [9.17, 15) is 0 Å². The van der Waals surface area contributed by atoms with Crippen LogP contribution in [0.1, 0.15) is 19.8 Å².